The summed E-state index contributed by atoms with van der Waals surface area (Å²) in [6.07, 6.45) is 1.95. The number of hydrogen-bond acceptors (Lipinski definition) is 5. The van der Waals surface area contributed by atoms with Crippen molar-refractivity contribution in [3.63, 3.8) is 0 Å². The third kappa shape index (κ3) is 4.70. The highest BCUT2D eigenvalue weighted by atomic mass is 16.6. The van der Waals surface area contributed by atoms with Crippen LogP contribution in [0.5, 0.6) is 0 Å². The van der Waals surface area contributed by atoms with Gasteiger partial charge in [-0.25, -0.2) is 9.59 Å². The Morgan fingerprint density at radius 1 is 1.21 bits per heavy atom. The predicted octanol–water partition coefficient (Wildman–Crippen LogP) is 4.52. The molecular weight excluding hydrogens is 370 g/mol. The highest BCUT2D eigenvalue weighted by Crippen LogP contribution is 2.32. The second-order valence-corrected chi connectivity index (χ2v) is 8.24. The number of fused-ring (bicyclic) bond motifs is 1. The van der Waals surface area contributed by atoms with Gasteiger partial charge in [0.25, 0.3) is 0 Å². The molecule has 0 aliphatic carbocycles. The Kier molecular flexibility index (Phi) is 6.13. The Labute approximate surface area is 171 Å². The van der Waals surface area contributed by atoms with Crippen molar-refractivity contribution in [3.05, 3.63) is 42.1 Å². The number of nitrogens with zero attached hydrogens (tertiary/aromatic N) is 1. The van der Waals surface area contributed by atoms with Crippen molar-refractivity contribution in [2.75, 3.05) is 19.8 Å². The van der Waals surface area contributed by atoms with Crippen LogP contribution in [0.2, 0.25) is 0 Å². The minimum absolute atomic E-state index is 0.0804. The first kappa shape index (κ1) is 21.1. The molecule has 0 N–H and O–H groups in total. The van der Waals surface area contributed by atoms with Gasteiger partial charge < -0.3 is 14.2 Å². The van der Waals surface area contributed by atoms with Crippen LogP contribution in [0.1, 0.15) is 62.5 Å². The van der Waals surface area contributed by atoms with Crippen molar-refractivity contribution in [3.8, 4) is 0 Å². The summed E-state index contributed by atoms with van der Waals surface area (Å²) in [4.78, 5) is 25.2. The number of benzene rings is 1. The van der Waals surface area contributed by atoms with Gasteiger partial charge in [0.1, 0.15) is 17.0 Å². The van der Waals surface area contributed by atoms with E-state index < -0.39 is 17.5 Å². The van der Waals surface area contributed by atoms with Crippen molar-refractivity contribution < 1.29 is 23.8 Å². The molecule has 1 aliphatic heterocycles. The Morgan fingerprint density at radius 3 is 2.52 bits per heavy atom. The molecule has 1 fully saturated rings. The first-order valence-electron chi connectivity index (χ1n) is 10.0. The van der Waals surface area contributed by atoms with Crippen molar-refractivity contribution in [2.24, 2.45) is 0 Å². The fourth-order valence-electron chi connectivity index (χ4n) is 3.59. The summed E-state index contributed by atoms with van der Waals surface area (Å²) in [5.74, 6) is -0.647. The van der Waals surface area contributed by atoms with E-state index >= 15 is 0 Å². The molecule has 1 saturated heterocycles. The smallest absolute Gasteiger partial charge is 0.355 e. The van der Waals surface area contributed by atoms with Gasteiger partial charge in [0.2, 0.25) is 0 Å². The number of carbonyl (C=O) groups excluding carboxylic acids is 2. The van der Waals surface area contributed by atoms with Crippen LogP contribution in [0, 0.1) is 0 Å². The van der Waals surface area contributed by atoms with Gasteiger partial charge in [0.15, 0.2) is 0 Å². The van der Waals surface area contributed by atoms with Gasteiger partial charge in [-0.15, -0.1) is 0 Å². The summed E-state index contributed by atoms with van der Waals surface area (Å²) in [5.41, 5.74) is 1.61. The first-order chi connectivity index (χ1) is 13.7. The first-order valence-corrected chi connectivity index (χ1v) is 10.0. The number of aromatic nitrogens is 1. The fraction of sp³-hybridized carbons (Fsp3) is 0.478. The normalized spacial score (nSPS) is 15.3. The summed E-state index contributed by atoms with van der Waals surface area (Å²) >= 11 is 0. The maximum Gasteiger partial charge on any atom is 0.355 e. The van der Waals surface area contributed by atoms with Crippen molar-refractivity contribution in [1.29, 1.82) is 0 Å². The van der Waals surface area contributed by atoms with E-state index in [-0.39, 0.29) is 18.0 Å². The van der Waals surface area contributed by atoms with Gasteiger partial charge in [0.05, 0.1) is 12.1 Å². The second-order valence-electron chi connectivity index (χ2n) is 8.24. The molecule has 2 heterocycles. The largest absolute Gasteiger partial charge is 0.461 e. The lowest BCUT2D eigenvalue weighted by molar-refractivity contribution is -0.147. The molecule has 1 aromatic carbocycles. The molecule has 29 heavy (non-hydrogen) atoms. The molecule has 0 atom stereocenters. The zero-order valence-electron chi connectivity index (χ0n) is 17.6. The molecule has 0 bridgehead atoms. The highest BCUT2D eigenvalue weighted by Gasteiger charge is 2.26. The van der Waals surface area contributed by atoms with Crippen LogP contribution in [0.15, 0.2) is 30.8 Å². The van der Waals surface area contributed by atoms with Crippen molar-refractivity contribution >= 4 is 28.5 Å². The second kappa shape index (κ2) is 8.41. The quantitative estimate of drug-likeness (QED) is 0.546. The summed E-state index contributed by atoms with van der Waals surface area (Å²) in [6.45, 7) is 12.8. The maximum atomic E-state index is 12.6. The number of rotatable bonds is 5. The van der Waals surface area contributed by atoms with Crippen LogP contribution < -0.4 is 0 Å². The molecule has 3 rings (SSSR count). The lowest BCUT2D eigenvalue weighted by Crippen LogP contribution is -2.26. The van der Waals surface area contributed by atoms with Gasteiger partial charge in [-0.3, -0.25) is 4.57 Å². The van der Waals surface area contributed by atoms with Crippen LogP contribution in [0.25, 0.3) is 16.6 Å². The van der Waals surface area contributed by atoms with Crippen LogP contribution in [0.4, 0.5) is 0 Å². The van der Waals surface area contributed by atoms with Crippen molar-refractivity contribution in [1.82, 2.24) is 4.57 Å². The van der Waals surface area contributed by atoms with Gasteiger partial charge in [0, 0.05) is 18.6 Å². The molecule has 0 saturated carbocycles. The molecular formula is C23H29NO5. The van der Waals surface area contributed by atoms with E-state index in [0.717, 1.165) is 37.0 Å². The van der Waals surface area contributed by atoms with Crippen molar-refractivity contribution in [2.45, 2.75) is 52.1 Å². The fourth-order valence-corrected chi connectivity index (χ4v) is 3.59. The van der Waals surface area contributed by atoms with Gasteiger partial charge in [-0.05, 0) is 70.2 Å². The zero-order valence-corrected chi connectivity index (χ0v) is 17.6. The van der Waals surface area contributed by atoms with Crippen LogP contribution in [-0.2, 0) is 19.0 Å². The van der Waals surface area contributed by atoms with E-state index in [9.17, 15) is 9.59 Å². The highest BCUT2D eigenvalue weighted by molar-refractivity contribution is 6.13. The Bertz CT molecular complexity index is 929. The van der Waals surface area contributed by atoms with Gasteiger partial charge in [-0.2, -0.15) is 0 Å². The van der Waals surface area contributed by atoms with E-state index in [1.807, 2.05) is 12.1 Å². The van der Waals surface area contributed by atoms with Gasteiger partial charge in [-0.1, -0.05) is 12.6 Å². The maximum absolute atomic E-state index is 12.6. The topological polar surface area (TPSA) is 66.8 Å². The number of esters is 2. The molecule has 2 aromatic rings. The van der Waals surface area contributed by atoms with E-state index in [1.165, 1.54) is 10.1 Å². The number of carbonyl (C=O) groups is 2. The minimum Gasteiger partial charge on any atom is -0.461 e. The summed E-state index contributed by atoms with van der Waals surface area (Å²) < 4.78 is 17.7. The lowest BCUT2D eigenvalue weighted by atomic mass is 9.91. The zero-order chi connectivity index (χ0) is 21.2. The Morgan fingerprint density at radius 2 is 1.90 bits per heavy atom. The summed E-state index contributed by atoms with van der Waals surface area (Å²) in [6, 6.07) is 7.81. The molecule has 1 aromatic heterocycles. The van der Waals surface area contributed by atoms with E-state index in [2.05, 4.69) is 12.6 Å². The molecule has 1 aliphatic rings. The van der Waals surface area contributed by atoms with E-state index in [0.29, 0.717) is 5.92 Å². The number of ether oxygens (including phenoxy) is 3. The number of hydrogen-bond donors (Lipinski definition) is 0. The Balaban J connectivity index is 2.05. The average molecular weight is 399 g/mol. The summed E-state index contributed by atoms with van der Waals surface area (Å²) in [7, 11) is 0. The minimum atomic E-state index is -0.663. The predicted molar refractivity (Wildman–Crippen MR) is 112 cm³/mol. The summed E-state index contributed by atoms with van der Waals surface area (Å²) in [5, 5.41) is 0.863. The molecule has 0 spiro atoms. The monoisotopic (exact) mass is 399 g/mol. The average Bonchev–Trinajstić information content (AvgIpc) is 3.05. The van der Waals surface area contributed by atoms with Crippen LogP contribution >= 0.6 is 0 Å². The molecule has 0 unspecified atom stereocenters. The molecule has 156 valence electrons. The Hall–Kier alpha value is -2.60. The third-order valence-electron chi connectivity index (χ3n) is 4.91. The standard InChI is InChI=1S/C23H29NO5/c1-6-28-22(26)20-14-18-13-17(16-9-11-27-12-10-16)7-8-19(18)24(20)15(2)21(25)29-23(3,4)5/h7-8,13-14,16H,2,6,9-12H2,1,3-5H3. The van der Waals surface area contributed by atoms with E-state index in [4.69, 9.17) is 14.2 Å². The van der Waals surface area contributed by atoms with Crippen LogP contribution in [-0.4, -0.2) is 41.9 Å². The van der Waals surface area contributed by atoms with Gasteiger partial charge >= 0.3 is 11.9 Å². The van der Waals surface area contributed by atoms with E-state index in [1.54, 1.807) is 33.8 Å². The SMILES string of the molecule is C=C(C(=O)OC(C)(C)C)n1c(C(=O)OCC)cc2cc(C3CCOCC3)ccc21. The molecule has 0 amide bonds. The third-order valence-corrected chi connectivity index (χ3v) is 4.91. The molecule has 6 heteroatoms. The molecule has 0 radical (unpaired) electrons. The lowest BCUT2D eigenvalue weighted by Gasteiger charge is -2.23. The van der Waals surface area contributed by atoms with Crippen LogP contribution in [0.3, 0.4) is 0 Å². The molecule has 6 nitrogen and oxygen atoms in total.